The van der Waals surface area contributed by atoms with Crippen LogP contribution in [0.3, 0.4) is 0 Å². The summed E-state index contributed by atoms with van der Waals surface area (Å²) in [6.45, 7) is 5.95. The van der Waals surface area contributed by atoms with Gasteiger partial charge in [-0.15, -0.1) is 0 Å². The highest BCUT2D eigenvalue weighted by atomic mass is 16.5. The van der Waals surface area contributed by atoms with Crippen LogP contribution in [0.25, 0.3) is 11.1 Å². The zero-order valence-electron chi connectivity index (χ0n) is 24.1. The van der Waals surface area contributed by atoms with E-state index < -0.39 is 5.54 Å². The second-order valence-corrected chi connectivity index (χ2v) is 10.5. The van der Waals surface area contributed by atoms with Crippen LogP contribution in [-0.4, -0.2) is 56.6 Å². The SMILES string of the molecule is C1COCCN1.CCC(Cc1ccccc1-c1ccccc1)(C(=O)c1ccc(Cc2ccccc2)cc1)N(C)C. The molecule has 1 saturated heterocycles. The Kier molecular flexibility index (Phi) is 10.8. The number of carbonyl (C=O) groups excluding carboxylic acids is 1. The van der Waals surface area contributed by atoms with Crippen LogP contribution < -0.4 is 5.32 Å². The third-order valence-electron chi connectivity index (χ3n) is 7.76. The molecule has 5 rings (SSSR count). The smallest absolute Gasteiger partial charge is 0.183 e. The van der Waals surface area contributed by atoms with Crippen LogP contribution in [0, 0.1) is 0 Å². The molecule has 1 fully saturated rings. The van der Waals surface area contributed by atoms with E-state index in [2.05, 4.69) is 102 Å². The number of ether oxygens (including phenoxy) is 1. The van der Waals surface area contributed by atoms with Gasteiger partial charge in [0.15, 0.2) is 5.78 Å². The van der Waals surface area contributed by atoms with Crippen LogP contribution in [0.2, 0.25) is 0 Å². The maximum absolute atomic E-state index is 14.0. The van der Waals surface area contributed by atoms with E-state index in [4.69, 9.17) is 4.74 Å². The number of Topliss-reactive ketones (excluding diaryl/α,β-unsaturated/α-hetero) is 1. The maximum atomic E-state index is 14.0. The fraction of sp³-hybridized carbons (Fsp3) is 0.306. The lowest BCUT2D eigenvalue weighted by Crippen LogP contribution is -2.52. The first-order valence-electron chi connectivity index (χ1n) is 14.3. The second-order valence-electron chi connectivity index (χ2n) is 10.5. The molecule has 208 valence electrons. The standard InChI is InChI=1S/C32H33NO.C4H9NO/c1-4-32(33(2)3,24-29-17-11-12-18-30(29)27-15-9-6-10-16-27)31(34)28-21-19-26(20-22-28)23-25-13-7-5-8-14-25;1-3-6-4-2-5-1/h5-22H,4,23-24H2,1-3H3;5H,1-4H2. The summed E-state index contributed by atoms with van der Waals surface area (Å²) < 4.78 is 5.01. The van der Waals surface area contributed by atoms with Gasteiger partial charge < -0.3 is 10.1 Å². The zero-order valence-corrected chi connectivity index (χ0v) is 24.1. The molecule has 0 saturated carbocycles. The van der Waals surface area contributed by atoms with Crippen molar-refractivity contribution in [2.75, 3.05) is 40.4 Å². The summed E-state index contributed by atoms with van der Waals surface area (Å²) in [7, 11) is 4.05. The average Bonchev–Trinajstić information content (AvgIpc) is 3.02. The predicted octanol–water partition coefficient (Wildman–Crippen LogP) is 6.69. The lowest BCUT2D eigenvalue weighted by molar-refractivity contribution is 0.0666. The number of benzene rings is 4. The van der Waals surface area contributed by atoms with Gasteiger partial charge in [-0.2, -0.15) is 0 Å². The Morgan fingerprint density at radius 3 is 1.90 bits per heavy atom. The lowest BCUT2D eigenvalue weighted by Gasteiger charge is -2.38. The van der Waals surface area contributed by atoms with E-state index in [-0.39, 0.29) is 5.78 Å². The number of morpholine rings is 1. The van der Waals surface area contributed by atoms with E-state index in [1.54, 1.807) is 0 Å². The Labute approximate surface area is 240 Å². The molecule has 1 unspecified atom stereocenters. The van der Waals surface area contributed by atoms with E-state index in [1.165, 1.54) is 27.8 Å². The third kappa shape index (κ3) is 7.54. The topological polar surface area (TPSA) is 41.6 Å². The van der Waals surface area contributed by atoms with Gasteiger partial charge in [-0.3, -0.25) is 9.69 Å². The molecule has 1 aliphatic rings. The summed E-state index contributed by atoms with van der Waals surface area (Å²) in [6.07, 6.45) is 2.26. The van der Waals surface area contributed by atoms with E-state index in [0.717, 1.165) is 44.7 Å². The Balaban J connectivity index is 0.000000546. The van der Waals surface area contributed by atoms with Gasteiger partial charge in [0.2, 0.25) is 0 Å². The molecule has 1 heterocycles. The van der Waals surface area contributed by atoms with Crippen LogP contribution >= 0.6 is 0 Å². The molecular weight excluding hydrogens is 492 g/mol. The molecule has 4 nitrogen and oxygen atoms in total. The zero-order chi connectivity index (χ0) is 28.2. The number of likely N-dealkylation sites (N-methyl/N-ethyl adjacent to an activating group) is 1. The van der Waals surface area contributed by atoms with Crippen molar-refractivity contribution in [3.05, 3.63) is 131 Å². The van der Waals surface area contributed by atoms with Crippen LogP contribution in [0.15, 0.2) is 109 Å². The molecule has 40 heavy (non-hydrogen) atoms. The lowest BCUT2D eigenvalue weighted by atomic mass is 9.78. The third-order valence-corrected chi connectivity index (χ3v) is 7.76. The van der Waals surface area contributed by atoms with Crippen molar-refractivity contribution in [1.29, 1.82) is 0 Å². The van der Waals surface area contributed by atoms with Gasteiger partial charge in [0.25, 0.3) is 0 Å². The van der Waals surface area contributed by atoms with Crippen molar-refractivity contribution in [1.82, 2.24) is 10.2 Å². The predicted molar refractivity (Wildman–Crippen MR) is 166 cm³/mol. The quantitative estimate of drug-likeness (QED) is 0.243. The highest BCUT2D eigenvalue weighted by Crippen LogP contribution is 2.32. The minimum atomic E-state index is -0.619. The number of nitrogens with one attached hydrogen (secondary N) is 1. The number of hydrogen-bond acceptors (Lipinski definition) is 4. The molecule has 4 aromatic carbocycles. The summed E-state index contributed by atoms with van der Waals surface area (Å²) >= 11 is 0. The first kappa shape index (κ1) is 29.4. The Morgan fingerprint density at radius 2 is 1.35 bits per heavy atom. The van der Waals surface area contributed by atoms with Crippen molar-refractivity contribution in [2.45, 2.75) is 31.7 Å². The molecule has 4 aromatic rings. The number of hydrogen-bond donors (Lipinski definition) is 1. The van der Waals surface area contributed by atoms with Gasteiger partial charge in [-0.1, -0.05) is 116 Å². The van der Waals surface area contributed by atoms with Gasteiger partial charge in [0, 0.05) is 18.7 Å². The van der Waals surface area contributed by atoms with Crippen molar-refractivity contribution < 1.29 is 9.53 Å². The van der Waals surface area contributed by atoms with Crippen molar-refractivity contribution in [2.24, 2.45) is 0 Å². The monoisotopic (exact) mass is 534 g/mol. The number of carbonyl (C=O) groups is 1. The second kappa shape index (κ2) is 14.7. The van der Waals surface area contributed by atoms with Crippen LogP contribution in [0.5, 0.6) is 0 Å². The summed E-state index contributed by atoms with van der Waals surface area (Å²) in [5, 5.41) is 3.16. The summed E-state index contributed by atoms with van der Waals surface area (Å²) in [5.41, 5.74) is 6.20. The van der Waals surface area contributed by atoms with Crippen LogP contribution in [0.4, 0.5) is 0 Å². The Bertz CT molecular complexity index is 1300. The minimum Gasteiger partial charge on any atom is -0.379 e. The average molecular weight is 535 g/mol. The molecular formula is C36H42N2O2. The first-order chi connectivity index (χ1) is 19.5. The molecule has 0 aromatic heterocycles. The molecule has 1 aliphatic heterocycles. The van der Waals surface area contributed by atoms with Crippen LogP contribution in [0.1, 0.15) is 40.4 Å². The molecule has 1 N–H and O–H groups in total. The fourth-order valence-corrected chi connectivity index (χ4v) is 5.32. The highest BCUT2D eigenvalue weighted by Gasteiger charge is 2.40. The Hall–Kier alpha value is -3.57. The molecule has 0 aliphatic carbocycles. The van der Waals surface area contributed by atoms with Crippen molar-refractivity contribution in [3.8, 4) is 11.1 Å². The number of nitrogens with zero attached hydrogens (tertiary/aromatic N) is 1. The fourth-order valence-electron chi connectivity index (χ4n) is 5.32. The first-order valence-corrected chi connectivity index (χ1v) is 14.3. The molecule has 0 radical (unpaired) electrons. The normalized spacial score (nSPS) is 14.6. The largest absolute Gasteiger partial charge is 0.379 e. The van der Waals surface area contributed by atoms with E-state index in [1.807, 2.05) is 38.4 Å². The van der Waals surface area contributed by atoms with Gasteiger partial charge in [-0.25, -0.2) is 0 Å². The molecule has 0 bridgehead atoms. The van der Waals surface area contributed by atoms with Gasteiger partial charge >= 0.3 is 0 Å². The molecule has 0 spiro atoms. The van der Waals surface area contributed by atoms with Gasteiger partial charge in [0.05, 0.1) is 18.8 Å². The van der Waals surface area contributed by atoms with Crippen LogP contribution in [-0.2, 0) is 17.6 Å². The minimum absolute atomic E-state index is 0.175. The van der Waals surface area contributed by atoms with Crippen molar-refractivity contribution >= 4 is 5.78 Å². The van der Waals surface area contributed by atoms with Gasteiger partial charge in [-0.05, 0) is 61.2 Å². The summed E-state index contributed by atoms with van der Waals surface area (Å²) in [6, 6.07) is 37.5. The molecule has 1 atom stereocenters. The molecule has 4 heteroatoms. The maximum Gasteiger partial charge on any atom is 0.183 e. The molecule has 0 amide bonds. The highest BCUT2D eigenvalue weighted by molar-refractivity contribution is 6.03. The summed E-state index contributed by atoms with van der Waals surface area (Å²) in [5.74, 6) is 0.175. The summed E-state index contributed by atoms with van der Waals surface area (Å²) in [4.78, 5) is 16.1. The van der Waals surface area contributed by atoms with Gasteiger partial charge in [0.1, 0.15) is 0 Å². The van der Waals surface area contributed by atoms with E-state index >= 15 is 0 Å². The van der Waals surface area contributed by atoms with Crippen molar-refractivity contribution in [3.63, 3.8) is 0 Å². The number of rotatable bonds is 9. The number of ketones is 1. The van der Waals surface area contributed by atoms with E-state index in [0.29, 0.717) is 6.42 Å². The Morgan fingerprint density at radius 1 is 0.775 bits per heavy atom. The van der Waals surface area contributed by atoms with E-state index in [9.17, 15) is 4.79 Å².